The molecule has 192 valence electrons. The molecule has 9 heteroatoms. The maximum atomic E-state index is 13.6. The van der Waals surface area contributed by atoms with Crippen LogP contribution in [0.1, 0.15) is 32.8 Å². The number of rotatable bonds is 9. The second-order valence-corrected chi connectivity index (χ2v) is 12.2. The summed E-state index contributed by atoms with van der Waals surface area (Å²) in [7, 11) is -4.15. The van der Waals surface area contributed by atoms with Crippen LogP contribution in [0.25, 0.3) is 27.8 Å². The molecule has 2 aromatic carbocycles. The molecule has 2 heterocycles. The van der Waals surface area contributed by atoms with E-state index in [4.69, 9.17) is 4.74 Å². The zero-order valence-electron chi connectivity index (χ0n) is 20.9. The molecule has 0 unspecified atom stereocenters. The van der Waals surface area contributed by atoms with Crippen LogP contribution in [0.3, 0.4) is 0 Å². The van der Waals surface area contributed by atoms with Gasteiger partial charge in [0, 0.05) is 5.56 Å². The summed E-state index contributed by atoms with van der Waals surface area (Å²) in [4.78, 5) is 8.89. The van der Waals surface area contributed by atoms with E-state index in [9.17, 15) is 12.8 Å². The van der Waals surface area contributed by atoms with Gasteiger partial charge in [0.1, 0.15) is 5.75 Å². The predicted octanol–water partition coefficient (Wildman–Crippen LogP) is 7.27. The molecule has 0 aliphatic rings. The quantitative estimate of drug-likeness (QED) is 0.227. The summed E-state index contributed by atoms with van der Waals surface area (Å²) in [6, 6.07) is 18.8. The molecule has 2 aromatic heterocycles. The van der Waals surface area contributed by atoms with Crippen LogP contribution in [-0.4, -0.2) is 25.0 Å². The molecule has 0 aliphatic heterocycles. The Morgan fingerprint density at radius 3 is 2.54 bits per heavy atom. The number of sulfonamides is 1. The molecule has 0 bridgehead atoms. The van der Waals surface area contributed by atoms with Crippen LogP contribution in [-0.2, 0) is 10.0 Å². The van der Waals surface area contributed by atoms with Gasteiger partial charge in [-0.05, 0) is 47.2 Å². The van der Waals surface area contributed by atoms with Gasteiger partial charge in [0.05, 0.1) is 17.2 Å². The average Bonchev–Trinajstić information content (AvgIpc) is 3.26. The fourth-order valence-electron chi connectivity index (χ4n) is 3.54. The van der Waals surface area contributed by atoms with E-state index in [0.717, 1.165) is 34.1 Å². The summed E-state index contributed by atoms with van der Waals surface area (Å²) in [6.45, 7) is 11.0. The Hall–Kier alpha value is -3.56. The predicted molar refractivity (Wildman–Crippen MR) is 148 cm³/mol. The highest BCUT2D eigenvalue weighted by molar-refractivity contribution is 7.92. The fourth-order valence-corrected chi connectivity index (χ4v) is 5.71. The van der Waals surface area contributed by atoms with Gasteiger partial charge in [0.15, 0.2) is 10.2 Å². The first kappa shape index (κ1) is 26.5. The standard InChI is InChI=1S/C28H28FN3O3S2/c1-5-19-10-6-7-13-22(19)25-26(20-11-8-12-21(18-20)35-17-16-28(2,3)4)36-27(31-25)32-37(33,34)24-15-9-14-23(29)30-24/h5-15,18H,1,16-17H2,2-4H3,(H,31,32). The van der Waals surface area contributed by atoms with E-state index in [1.807, 2.05) is 48.5 Å². The van der Waals surface area contributed by atoms with Gasteiger partial charge in [-0.15, -0.1) is 0 Å². The second kappa shape index (κ2) is 10.8. The van der Waals surface area contributed by atoms with Gasteiger partial charge in [0.2, 0.25) is 5.95 Å². The van der Waals surface area contributed by atoms with Gasteiger partial charge in [-0.3, -0.25) is 4.72 Å². The van der Waals surface area contributed by atoms with E-state index in [2.05, 4.69) is 42.0 Å². The summed E-state index contributed by atoms with van der Waals surface area (Å²) in [6.07, 6.45) is 2.63. The number of anilines is 1. The Balaban J connectivity index is 1.75. The topological polar surface area (TPSA) is 81.2 Å². The zero-order chi connectivity index (χ0) is 26.6. The molecule has 6 nitrogen and oxygen atoms in total. The van der Waals surface area contributed by atoms with Crippen molar-refractivity contribution < 1.29 is 17.5 Å². The Labute approximate surface area is 221 Å². The average molecular weight is 538 g/mol. The number of aromatic nitrogens is 2. The first-order valence-electron chi connectivity index (χ1n) is 11.7. The molecule has 0 spiro atoms. The van der Waals surface area contributed by atoms with Crippen molar-refractivity contribution in [2.75, 3.05) is 11.3 Å². The molecular weight excluding hydrogens is 509 g/mol. The molecule has 0 atom stereocenters. The van der Waals surface area contributed by atoms with Crippen LogP contribution in [0, 0.1) is 11.4 Å². The van der Waals surface area contributed by atoms with Crippen molar-refractivity contribution in [1.82, 2.24) is 9.97 Å². The van der Waals surface area contributed by atoms with E-state index in [1.54, 1.807) is 6.08 Å². The van der Waals surface area contributed by atoms with Crippen molar-refractivity contribution in [2.24, 2.45) is 5.41 Å². The van der Waals surface area contributed by atoms with Crippen LogP contribution in [0.15, 0.2) is 78.3 Å². The van der Waals surface area contributed by atoms with Crippen molar-refractivity contribution in [3.63, 3.8) is 0 Å². The van der Waals surface area contributed by atoms with E-state index >= 15 is 0 Å². The van der Waals surface area contributed by atoms with Crippen LogP contribution in [0.2, 0.25) is 0 Å². The highest BCUT2D eigenvalue weighted by Crippen LogP contribution is 2.41. The van der Waals surface area contributed by atoms with E-state index in [1.165, 1.54) is 23.5 Å². The third-order valence-electron chi connectivity index (χ3n) is 5.47. The third kappa shape index (κ3) is 6.61. The summed E-state index contributed by atoms with van der Waals surface area (Å²) in [5.41, 5.74) is 3.23. The first-order chi connectivity index (χ1) is 17.6. The number of hydrogen-bond acceptors (Lipinski definition) is 6. The normalized spacial score (nSPS) is 11.8. The number of pyridine rings is 1. The van der Waals surface area contributed by atoms with Crippen molar-refractivity contribution in [3.8, 4) is 27.4 Å². The highest BCUT2D eigenvalue weighted by Gasteiger charge is 2.23. The van der Waals surface area contributed by atoms with Gasteiger partial charge in [-0.25, -0.2) is 9.97 Å². The molecule has 0 fully saturated rings. The lowest BCUT2D eigenvalue weighted by atomic mass is 9.93. The van der Waals surface area contributed by atoms with E-state index in [0.29, 0.717) is 18.1 Å². The van der Waals surface area contributed by atoms with Crippen molar-refractivity contribution in [1.29, 1.82) is 0 Å². The molecule has 4 aromatic rings. The first-order valence-corrected chi connectivity index (χ1v) is 14.0. The Morgan fingerprint density at radius 1 is 1.05 bits per heavy atom. The Bertz CT molecular complexity index is 1530. The Kier molecular flexibility index (Phi) is 7.75. The number of nitrogens with zero attached hydrogens (tertiary/aromatic N) is 2. The van der Waals surface area contributed by atoms with Gasteiger partial charge in [-0.1, -0.05) is 87.2 Å². The molecule has 0 saturated carbocycles. The molecule has 0 saturated heterocycles. The number of benzene rings is 2. The minimum Gasteiger partial charge on any atom is -0.494 e. The molecule has 0 amide bonds. The lowest BCUT2D eigenvalue weighted by Crippen LogP contribution is -2.14. The highest BCUT2D eigenvalue weighted by atomic mass is 32.2. The van der Waals surface area contributed by atoms with Crippen LogP contribution in [0.4, 0.5) is 9.52 Å². The molecule has 37 heavy (non-hydrogen) atoms. The van der Waals surface area contributed by atoms with Crippen molar-refractivity contribution >= 4 is 32.6 Å². The summed E-state index contributed by atoms with van der Waals surface area (Å²) in [5.74, 6) is -0.171. The number of nitrogens with one attached hydrogen (secondary N) is 1. The van der Waals surface area contributed by atoms with Crippen LogP contribution in [0.5, 0.6) is 5.75 Å². The minimum absolute atomic E-state index is 0.133. The number of hydrogen-bond donors (Lipinski definition) is 1. The Morgan fingerprint density at radius 2 is 1.81 bits per heavy atom. The van der Waals surface area contributed by atoms with Crippen LogP contribution < -0.4 is 9.46 Å². The summed E-state index contributed by atoms with van der Waals surface area (Å²) < 4.78 is 47.9. The van der Waals surface area contributed by atoms with Crippen LogP contribution >= 0.6 is 11.3 Å². The summed E-state index contributed by atoms with van der Waals surface area (Å²) >= 11 is 1.18. The third-order valence-corrected chi connectivity index (χ3v) is 7.86. The lowest BCUT2D eigenvalue weighted by molar-refractivity contribution is 0.243. The molecule has 0 aliphatic carbocycles. The maximum Gasteiger partial charge on any atom is 0.281 e. The SMILES string of the molecule is C=Cc1ccccc1-c1nc(NS(=O)(=O)c2cccc(F)n2)sc1-c1cccc(OCCC(C)(C)C)c1. The molecule has 0 radical (unpaired) electrons. The number of thiazole rings is 1. The largest absolute Gasteiger partial charge is 0.494 e. The van der Waals surface area contributed by atoms with Gasteiger partial charge in [0.25, 0.3) is 10.0 Å². The summed E-state index contributed by atoms with van der Waals surface area (Å²) in [5, 5.41) is -0.291. The molecule has 1 N–H and O–H groups in total. The maximum absolute atomic E-state index is 13.6. The zero-order valence-corrected chi connectivity index (χ0v) is 22.5. The number of ether oxygens (including phenoxy) is 1. The van der Waals surface area contributed by atoms with Gasteiger partial charge in [-0.2, -0.15) is 12.8 Å². The van der Waals surface area contributed by atoms with Crippen molar-refractivity contribution in [2.45, 2.75) is 32.2 Å². The van der Waals surface area contributed by atoms with Gasteiger partial charge >= 0.3 is 0 Å². The fraction of sp³-hybridized carbons (Fsp3) is 0.214. The minimum atomic E-state index is -4.15. The van der Waals surface area contributed by atoms with Gasteiger partial charge < -0.3 is 4.74 Å². The molecular formula is C28H28FN3O3S2. The monoisotopic (exact) mass is 537 g/mol. The lowest BCUT2D eigenvalue weighted by Gasteiger charge is -2.18. The van der Waals surface area contributed by atoms with Crippen molar-refractivity contribution in [3.05, 3.63) is 84.8 Å². The molecule has 4 rings (SSSR count). The smallest absolute Gasteiger partial charge is 0.281 e. The van der Waals surface area contributed by atoms with E-state index in [-0.39, 0.29) is 10.5 Å². The van der Waals surface area contributed by atoms with E-state index < -0.39 is 21.0 Å². The number of halogens is 1. The second-order valence-electron chi connectivity index (χ2n) is 9.58.